The van der Waals surface area contributed by atoms with E-state index in [1.54, 1.807) is 0 Å². The number of aromatic nitrogens is 1. The largest absolute Gasteiger partial charge is 0.381 e. The summed E-state index contributed by atoms with van der Waals surface area (Å²) < 4.78 is 13.8. The number of nitrogens with two attached hydrogens (primary N) is 1. The highest BCUT2D eigenvalue weighted by molar-refractivity contribution is 5.95. The number of pyridine rings is 1. The topological polar surface area (TPSA) is 68.0 Å². The normalized spacial score (nSPS) is 17.7. The highest BCUT2D eigenvalue weighted by Gasteiger charge is 2.25. The maximum atomic E-state index is 13.8. The molecular formula is C15H22FN3O. The van der Waals surface area contributed by atoms with Gasteiger partial charge in [-0.05, 0) is 31.2 Å². The average molecular weight is 279 g/mol. The van der Waals surface area contributed by atoms with Gasteiger partial charge >= 0.3 is 0 Å². The molecular weight excluding hydrogens is 257 g/mol. The second-order valence-electron chi connectivity index (χ2n) is 5.44. The van der Waals surface area contributed by atoms with E-state index in [0.29, 0.717) is 5.92 Å². The van der Waals surface area contributed by atoms with Crippen LogP contribution in [0.2, 0.25) is 0 Å². The highest BCUT2D eigenvalue weighted by Crippen LogP contribution is 2.28. The van der Waals surface area contributed by atoms with Crippen molar-refractivity contribution < 1.29 is 9.18 Å². The van der Waals surface area contributed by atoms with Crippen LogP contribution < -0.4 is 11.1 Å². The molecule has 1 atom stereocenters. The van der Waals surface area contributed by atoms with E-state index in [1.807, 2.05) is 0 Å². The van der Waals surface area contributed by atoms with E-state index >= 15 is 0 Å². The lowest BCUT2D eigenvalue weighted by atomic mass is 9.83. The second kappa shape index (κ2) is 6.68. The van der Waals surface area contributed by atoms with Gasteiger partial charge in [-0.2, -0.15) is 0 Å². The number of carbonyl (C=O) groups is 1. The molecule has 1 aliphatic rings. The highest BCUT2D eigenvalue weighted by atomic mass is 19.1. The summed E-state index contributed by atoms with van der Waals surface area (Å²) >= 11 is 0. The van der Waals surface area contributed by atoms with Crippen LogP contribution in [-0.4, -0.2) is 16.9 Å². The molecule has 1 unspecified atom stereocenters. The van der Waals surface area contributed by atoms with Crippen molar-refractivity contribution in [3.8, 4) is 0 Å². The van der Waals surface area contributed by atoms with Gasteiger partial charge in [-0.1, -0.05) is 26.2 Å². The van der Waals surface area contributed by atoms with Crippen molar-refractivity contribution in [2.24, 2.45) is 5.92 Å². The molecule has 0 spiro atoms. The summed E-state index contributed by atoms with van der Waals surface area (Å²) in [4.78, 5) is 15.8. The first kappa shape index (κ1) is 14.8. The number of carbonyl (C=O) groups excluding carboxylic acids is 1. The van der Waals surface area contributed by atoms with Crippen molar-refractivity contribution in [2.75, 3.05) is 5.73 Å². The van der Waals surface area contributed by atoms with E-state index in [9.17, 15) is 9.18 Å². The van der Waals surface area contributed by atoms with Gasteiger partial charge in [0.2, 0.25) is 0 Å². The van der Waals surface area contributed by atoms with Gasteiger partial charge in [0.25, 0.3) is 5.91 Å². The van der Waals surface area contributed by atoms with Crippen LogP contribution in [0.25, 0.3) is 0 Å². The number of halogens is 1. The van der Waals surface area contributed by atoms with Crippen molar-refractivity contribution >= 4 is 11.7 Å². The number of hydrogen-bond donors (Lipinski definition) is 2. The van der Waals surface area contributed by atoms with Crippen LogP contribution in [0.4, 0.5) is 10.2 Å². The molecule has 1 aromatic heterocycles. The molecule has 0 radical (unpaired) electrons. The molecule has 2 rings (SSSR count). The Bertz CT molecular complexity index is 472. The summed E-state index contributed by atoms with van der Waals surface area (Å²) in [6.45, 7) is 2.05. The SMILES string of the molecule is CCC(NC(=O)c1ccnc(N)c1F)C1CCCCC1. The molecule has 1 heterocycles. The molecule has 0 bridgehead atoms. The van der Waals surface area contributed by atoms with Crippen LogP contribution in [0.1, 0.15) is 55.8 Å². The fraction of sp³-hybridized carbons (Fsp3) is 0.600. The Morgan fingerprint density at radius 3 is 2.85 bits per heavy atom. The zero-order valence-corrected chi connectivity index (χ0v) is 11.9. The molecule has 5 heteroatoms. The van der Waals surface area contributed by atoms with E-state index in [-0.39, 0.29) is 17.4 Å². The minimum atomic E-state index is -0.733. The Morgan fingerprint density at radius 2 is 2.20 bits per heavy atom. The van der Waals surface area contributed by atoms with E-state index in [4.69, 9.17) is 5.73 Å². The van der Waals surface area contributed by atoms with E-state index < -0.39 is 11.7 Å². The van der Waals surface area contributed by atoms with Gasteiger partial charge in [-0.3, -0.25) is 4.79 Å². The predicted molar refractivity (Wildman–Crippen MR) is 76.7 cm³/mol. The molecule has 1 aliphatic carbocycles. The van der Waals surface area contributed by atoms with Crippen LogP contribution in [-0.2, 0) is 0 Å². The summed E-state index contributed by atoms with van der Waals surface area (Å²) in [6.07, 6.45) is 8.20. The first-order valence-electron chi connectivity index (χ1n) is 7.34. The summed E-state index contributed by atoms with van der Waals surface area (Å²) in [5.74, 6) is -0.860. The molecule has 110 valence electrons. The van der Waals surface area contributed by atoms with Crippen LogP contribution in [0.3, 0.4) is 0 Å². The van der Waals surface area contributed by atoms with Crippen LogP contribution in [0, 0.1) is 11.7 Å². The third kappa shape index (κ3) is 3.26. The Kier molecular flexibility index (Phi) is 4.93. The van der Waals surface area contributed by atoms with Gasteiger partial charge in [-0.25, -0.2) is 9.37 Å². The van der Waals surface area contributed by atoms with Crippen molar-refractivity contribution in [1.29, 1.82) is 0 Å². The standard InChI is InChI=1S/C15H22FN3O/c1-2-12(10-6-4-3-5-7-10)19-15(20)11-8-9-18-14(17)13(11)16/h8-10,12H,2-7H2,1H3,(H2,17,18)(H,19,20). The lowest BCUT2D eigenvalue weighted by Gasteiger charge is -2.30. The summed E-state index contributed by atoms with van der Waals surface area (Å²) in [6, 6.07) is 1.48. The van der Waals surface area contributed by atoms with Gasteiger partial charge in [-0.15, -0.1) is 0 Å². The minimum Gasteiger partial charge on any atom is -0.381 e. The Morgan fingerprint density at radius 1 is 1.50 bits per heavy atom. The number of amides is 1. The first-order valence-corrected chi connectivity index (χ1v) is 7.34. The van der Waals surface area contributed by atoms with Crippen molar-refractivity contribution in [3.05, 3.63) is 23.6 Å². The lowest BCUT2D eigenvalue weighted by molar-refractivity contribution is 0.0907. The summed E-state index contributed by atoms with van der Waals surface area (Å²) in [5.41, 5.74) is 5.38. The molecule has 1 fully saturated rings. The Balaban J connectivity index is 2.06. The maximum absolute atomic E-state index is 13.8. The Labute approximate surface area is 119 Å². The van der Waals surface area contributed by atoms with Crippen molar-refractivity contribution in [3.63, 3.8) is 0 Å². The number of nitrogens with zero attached hydrogens (tertiary/aromatic N) is 1. The summed E-state index contributed by atoms with van der Waals surface area (Å²) in [5, 5.41) is 2.96. The molecule has 1 saturated carbocycles. The molecule has 4 nitrogen and oxygen atoms in total. The molecule has 1 amide bonds. The third-order valence-corrected chi connectivity index (χ3v) is 4.14. The number of rotatable bonds is 4. The predicted octanol–water partition coefficient (Wildman–Crippen LogP) is 2.89. The number of nitrogen functional groups attached to an aromatic ring is 1. The van der Waals surface area contributed by atoms with Crippen LogP contribution >= 0.6 is 0 Å². The van der Waals surface area contributed by atoms with Gasteiger partial charge in [0, 0.05) is 12.2 Å². The number of nitrogens with one attached hydrogen (secondary N) is 1. The smallest absolute Gasteiger partial charge is 0.254 e. The molecule has 3 N–H and O–H groups in total. The fourth-order valence-electron chi connectivity index (χ4n) is 2.97. The second-order valence-corrected chi connectivity index (χ2v) is 5.44. The average Bonchev–Trinajstić information content (AvgIpc) is 2.48. The van der Waals surface area contributed by atoms with Gasteiger partial charge in [0.15, 0.2) is 11.6 Å². The zero-order chi connectivity index (χ0) is 14.5. The fourth-order valence-corrected chi connectivity index (χ4v) is 2.97. The third-order valence-electron chi connectivity index (χ3n) is 4.14. The number of hydrogen-bond acceptors (Lipinski definition) is 3. The van der Waals surface area contributed by atoms with Gasteiger partial charge < -0.3 is 11.1 Å². The maximum Gasteiger partial charge on any atom is 0.254 e. The molecule has 1 aromatic rings. The Hall–Kier alpha value is -1.65. The molecule has 0 aromatic carbocycles. The van der Waals surface area contributed by atoms with E-state index in [0.717, 1.165) is 19.3 Å². The monoisotopic (exact) mass is 279 g/mol. The quantitative estimate of drug-likeness (QED) is 0.890. The van der Waals surface area contributed by atoms with E-state index in [1.165, 1.54) is 31.5 Å². The first-order chi connectivity index (χ1) is 9.63. The van der Waals surface area contributed by atoms with E-state index in [2.05, 4.69) is 17.2 Å². The molecule has 20 heavy (non-hydrogen) atoms. The van der Waals surface area contributed by atoms with Gasteiger partial charge in [0.05, 0.1) is 5.56 Å². The minimum absolute atomic E-state index is 0.0215. The van der Waals surface area contributed by atoms with Crippen molar-refractivity contribution in [1.82, 2.24) is 10.3 Å². The molecule has 0 saturated heterocycles. The lowest BCUT2D eigenvalue weighted by Crippen LogP contribution is -2.41. The van der Waals surface area contributed by atoms with Crippen LogP contribution in [0.5, 0.6) is 0 Å². The van der Waals surface area contributed by atoms with Crippen molar-refractivity contribution in [2.45, 2.75) is 51.5 Å². The zero-order valence-electron chi connectivity index (χ0n) is 11.9. The van der Waals surface area contributed by atoms with Crippen LogP contribution in [0.15, 0.2) is 12.3 Å². The number of anilines is 1. The summed E-state index contributed by atoms with van der Waals surface area (Å²) in [7, 11) is 0. The van der Waals surface area contributed by atoms with Gasteiger partial charge in [0.1, 0.15) is 0 Å². The molecule has 0 aliphatic heterocycles.